The van der Waals surface area contributed by atoms with Crippen molar-refractivity contribution < 1.29 is 9.53 Å². The number of nitrogens with zero attached hydrogens (tertiary/aromatic N) is 2. The average Bonchev–Trinajstić information content (AvgIpc) is 2.92. The molecular weight excluding hydrogens is 242 g/mol. The van der Waals surface area contributed by atoms with Crippen LogP contribution in [0.1, 0.15) is 12.8 Å². The van der Waals surface area contributed by atoms with Gasteiger partial charge in [-0.05, 0) is 25.0 Å². The van der Waals surface area contributed by atoms with Gasteiger partial charge in [0.15, 0.2) is 0 Å². The Morgan fingerprint density at radius 2 is 2.11 bits per heavy atom. The van der Waals surface area contributed by atoms with E-state index in [1.165, 1.54) is 0 Å². The minimum Gasteiger partial charge on any atom is -0.497 e. The molecular formula is C14H21N3O2. The second-order valence-electron chi connectivity index (χ2n) is 4.87. The number of likely N-dealkylation sites (tertiary alicyclic amines) is 1. The molecule has 5 heteroatoms. The van der Waals surface area contributed by atoms with Crippen LogP contribution in [0.2, 0.25) is 0 Å². The Balaban J connectivity index is 2.02. The number of carbonyl (C=O) groups excluding carboxylic acids is 1. The number of methoxy groups -OCH3 is 1. The zero-order chi connectivity index (χ0) is 13.8. The van der Waals surface area contributed by atoms with Gasteiger partial charge in [0.25, 0.3) is 0 Å². The van der Waals surface area contributed by atoms with Crippen LogP contribution in [-0.4, -0.2) is 44.6 Å². The molecule has 1 heterocycles. The normalized spacial score (nSPS) is 14.5. The summed E-state index contributed by atoms with van der Waals surface area (Å²) < 4.78 is 5.12. The molecule has 1 saturated heterocycles. The maximum Gasteiger partial charge on any atom is 0.242 e. The molecule has 0 bridgehead atoms. The minimum absolute atomic E-state index is 0.162. The van der Waals surface area contributed by atoms with Gasteiger partial charge in [0, 0.05) is 26.2 Å². The molecule has 0 aromatic heterocycles. The summed E-state index contributed by atoms with van der Waals surface area (Å²) in [6.45, 7) is 2.12. The molecule has 5 nitrogen and oxygen atoms in total. The van der Waals surface area contributed by atoms with Gasteiger partial charge in [-0.15, -0.1) is 0 Å². The summed E-state index contributed by atoms with van der Waals surface area (Å²) >= 11 is 0. The number of likely N-dealkylation sites (N-methyl/N-ethyl adjacent to an activating group) is 1. The first kappa shape index (κ1) is 13.5. The number of carbonyl (C=O) groups is 1. The Bertz CT molecular complexity index is 456. The SMILES string of the molecule is COc1ccc(N(C)CC(=O)N2CCCC2)c(N)c1. The van der Waals surface area contributed by atoms with Crippen molar-refractivity contribution in [3.63, 3.8) is 0 Å². The summed E-state index contributed by atoms with van der Waals surface area (Å²) in [7, 11) is 3.49. The standard InChI is InChI=1S/C14H21N3O2/c1-16(10-14(18)17-7-3-4-8-17)13-6-5-11(19-2)9-12(13)15/h5-6,9H,3-4,7-8,10,15H2,1-2H3. The molecule has 1 aromatic rings. The van der Waals surface area contributed by atoms with Crippen molar-refractivity contribution in [2.45, 2.75) is 12.8 Å². The summed E-state index contributed by atoms with van der Waals surface area (Å²) in [4.78, 5) is 15.9. The van der Waals surface area contributed by atoms with Crippen molar-refractivity contribution in [2.24, 2.45) is 0 Å². The molecule has 1 aliphatic rings. The lowest BCUT2D eigenvalue weighted by atomic mass is 10.2. The van der Waals surface area contributed by atoms with Crippen LogP contribution in [0.4, 0.5) is 11.4 Å². The highest BCUT2D eigenvalue weighted by Crippen LogP contribution is 2.26. The van der Waals surface area contributed by atoms with Crippen LogP contribution in [-0.2, 0) is 4.79 Å². The highest BCUT2D eigenvalue weighted by atomic mass is 16.5. The molecule has 0 spiro atoms. The van der Waals surface area contributed by atoms with E-state index in [9.17, 15) is 4.79 Å². The van der Waals surface area contributed by atoms with E-state index in [1.54, 1.807) is 13.2 Å². The van der Waals surface area contributed by atoms with Gasteiger partial charge < -0.3 is 20.3 Å². The fourth-order valence-electron chi connectivity index (χ4n) is 2.36. The first-order chi connectivity index (χ1) is 9.11. The van der Waals surface area contributed by atoms with Crippen LogP contribution in [0, 0.1) is 0 Å². The van der Waals surface area contributed by atoms with Crippen molar-refractivity contribution in [1.29, 1.82) is 0 Å². The third-order valence-electron chi connectivity index (χ3n) is 3.48. The van der Waals surface area contributed by atoms with Crippen LogP contribution < -0.4 is 15.4 Å². The van der Waals surface area contributed by atoms with Crippen molar-refractivity contribution in [3.8, 4) is 5.75 Å². The summed E-state index contributed by atoms with van der Waals surface area (Å²) in [5.74, 6) is 0.885. The number of anilines is 2. The lowest BCUT2D eigenvalue weighted by Crippen LogP contribution is -2.37. The van der Waals surface area contributed by atoms with E-state index in [2.05, 4.69) is 0 Å². The van der Waals surface area contributed by atoms with Gasteiger partial charge in [0.1, 0.15) is 5.75 Å². The fourth-order valence-corrected chi connectivity index (χ4v) is 2.36. The molecule has 0 unspecified atom stereocenters. The molecule has 0 aliphatic carbocycles. The lowest BCUT2D eigenvalue weighted by Gasteiger charge is -2.24. The van der Waals surface area contributed by atoms with Crippen LogP contribution >= 0.6 is 0 Å². The Labute approximate surface area is 113 Å². The molecule has 0 saturated carbocycles. The van der Waals surface area contributed by atoms with Crippen LogP contribution in [0.15, 0.2) is 18.2 Å². The van der Waals surface area contributed by atoms with Crippen molar-refractivity contribution in [1.82, 2.24) is 4.90 Å². The Hall–Kier alpha value is -1.91. The van der Waals surface area contributed by atoms with E-state index in [-0.39, 0.29) is 5.91 Å². The van der Waals surface area contributed by atoms with E-state index in [0.717, 1.165) is 37.4 Å². The number of rotatable bonds is 4. The Kier molecular flexibility index (Phi) is 4.14. The van der Waals surface area contributed by atoms with E-state index in [0.29, 0.717) is 12.2 Å². The number of benzene rings is 1. The van der Waals surface area contributed by atoms with Crippen LogP contribution in [0.3, 0.4) is 0 Å². The predicted molar refractivity (Wildman–Crippen MR) is 76.5 cm³/mol. The first-order valence-corrected chi connectivity index (χ1v) is 6.54. The molecule has 0 atom stereocenters. The third-order valence-corrected chi connectivity index (χ3v) is 3.48. The Morgan fingerprint density at radius 1 is 1.42 bits per heavy atom. The number of nitrogens with two attached hydrogens (primary N) is 1. The van der Waals surface area contributed by atoms with E-state index in [4.69, 9.17) is 10.5 Å². The molecule has 1 aliphatic heterocycles. The molecule has 1 aromatic carbocycles. The number of ether oxygens (including phenoxy) is 1. The summed E-state index contributed by atoms with van der Waals surface area (Å²) in [5.41, 5.74) is 7.46. The zero-order valence-corrected chi connectivity index (χ0v) is 11.6. The van der Waals surface area contributed by atoms with E-state index >= 15 is 0 Å². The van der Waals surface area contributed by atoms with Gasteiger partial charge in [-0.3, -0.25) is 4.79 Å². The van der Waals surface area contributed by atoms with E-state index < -0.39 is 0 Å². The van der Waals surface area contributed by atoms with Crippen molar-refractivity contribution in [3.05, 3.63) is 18.2 Å². The first-order valence-electron chi connectivity index (χ1n) is 6.54. The molecule has 19 heavy (non-hydrogen) atoms. The third kappa shape index (κ3) is 3.10. The number of hydrogen-bond donors (Lipinski definition) is 1. The lowest BCUT2D eigenvalue weighted by molar-refractivity contribution is -0.128. The summed E-state index contributed by atoms with van der Waals surface area (Å²) in [5, 5.41) is 0. The Morgan fingerprint density at radius 3 is 2.68 bits per heavy atom. The quantitative estimate of drug-likeness (QED) is 0.833. The summed E-state index contributed by atoms with van der Waals surface area (Å²) in [6.07, 6.45) is 2.22. The molecule has 1 fully saturated rings. The van der Waals surface area contributed by atoms with Gasteiger partial charge in [0.2, 0.25) is 5.91 Å². The van der Waals surface area contributed by atoms with Gasteiger partial charge >= 0.3 is 0 Å². The molecule has 1 amide bonds. The second-order valence-corrected chi connectivity index (χ2v) is 4.87. The minimum atomic E-state index is 0.162. The maximum atomic E-state index is 12.1. The largest absolute Gasteiger partial charge is 0.497 e. The monoisotopic (exact) mass is 263 g/mol. The van der Waals surface area contributed by atoms with Gasteiger partial charge in [0.05, 0.1) is 25.0 Å². The van der Waals surface area contributed by atoms with Gasteiger partial charge in [-0.1, -0.05) is 0 Å². The van der Waals surface area contributed by atoms with E-state index in [1.807, 2.05) is 29.0 Å². The van der Waals surface area contributed by atoms with Crippen molar-refractivity contribution in [2.75, 3.05) is 44.4 Å². The predicted octanol–water partition coefficient (Wildman–Crippen LogP) is 1.34. The molecule has 104 valence electrons. The number of hydrogen-bond acceptors (Lipinski definition) is 4. The van der Waals surface area contributed by atoms with Crippen LogP contribution in [0.25, 0.3) is 0 Å². The molecule has 2 N–H and O–H groups in total. The molecule has 0 radical (unpaired) electrons. The number of nitrogen functional groups attached to an aromatic ring is 1. The maximum absolute atomic E-state index is 12.1. The average molecular weight is 263 g/mol. The number of amides is 1. The van der Waals surface area contributed by atoms with Gasteiger partial charge in [-0.25, -0.2) is 0 Å². The second kappa shape index (κ2) is 5.82. The highest BCUT2D eigenvalue weighted by molar-refractivity contribution is 5.83. The van der Waals surface area contributed by atoms with Crippen molar-refractivity contribution >= 4 is 17.3 Å². The zero-order valence-electron chi connectivity index (χ0n) is 11.6. The highest BCUT2D eigenvalue weighted by Gasteiger charge is 2.19. The van der Waals surface area contributed by atoms with Crippen LogP contribution in [0.5, 0.6) is 5.75 Å². The summed E-state index contributed by atoms with van der Waals surface area (Å²) in [6, 6.07) is 5.50. The van der Waals surface area contributed by atoms with Gasteiger partial charge in [-0.2, -0.15) is 0 Å². The molecule has 2 rings (SSSR count). The fraction of sp³-hybridized carbons (Fsp3) is 0.500. The topological polar surface area (TPSA) is 58.8 Å². The smallest absolute Gasteiger partial charge is 0.242 e.